The van der Waals surface area contributed by atoms with Crippen LogP contribution in [-0.4, -0.2) is 17.4 Å². The first-order chi connectivity index (χ1) is 12.7. The molecule has 0 saturated carbocycles. The number of nitrogens with zero attached hydrogens (tertiary/aromatic N) is 2. The molecular formula is C21H18FN3O. The van der Waals surface area contributed by atoms with Crippen molar-refractivity contribution in [2.45, 2.75) is 13.0 Å². The fourth-order valence-electron chi connectivity index (χ4n) is 3.18. The van der Waals surface area contributed by atoms with Gasteiger partial charge in [-0.15, -0.1) is 0 Å². The number of halogens is 1. The molecule has 0 aliphatic carbocycles. The minimum absolute atomic E-state index is 0.261. The maximum atomic E-state index is 13.0. The fourth-order valence-corrected chi connectivity index (χ4v) is 3.18. The summed E-state index contributed by atoms with van der Waals surface area (Å²) < 4.78 is 13.0. The molecule has 0 atom stereocenters. The molecule has 26 heavy (non-hydrogen) atoms. The number of carbonyl (C=O) groups excluding carboxylic acids is 1. The average Bonchev–Trinajstić information content (AvgIpc) is 2.69. The molecule has 130 valence electrons. The lowest BCUT2D eigenvalue weighted by molar-refractivity contribution is 0.102. The van der Waals surface area contributed by atoms with Crippen molar-refractivity contribution in [1.82, 2.24) is 4.98 Å². The van der Waals surface area contributed by atoms with E-state index in [0.717, 1.165) is 25.2 Å². The van der Waals surface area contributed by atoms with Gasteiger partial charge in [0.05, 0.1) is 17.4 Å². The van der Waals surface area contributed by atoms with Crippen LogP contribution in [0.2, 0.25) is 0 Å². The van der Waals surface area contributed by atoms with Gasteiger partial charge in [-0.25, -0.2) is 4.39 Å². The van der Waals surface area contributed by atoms with E-state index < -0.39 is 0 Å². The van der Waals surface area contributed by atoms with Crippen molar-refractivity contribution < 1.29 is 9.18 Å². The Morgan fingerprint density at radius 3 is 2.62 bits per heavy atom. The average molecular weight is 347 g/mol. The minimum Gasteiger partial charge on any atom is -0.366 e. The van der Waals surface area contributed by atoms with Gasteiger partial charge in [0.2, 0.25) is 0 Å². The lowest BCUT2D eigenvalue weighted by Gasteiger charge is -2.30. The van der Waals surface area contributed by atoms with Gasteiger partial charge >= 0.3 is 0 Å². The molecule has 2 heterocycles. The Morgan fingerprint density at radius 2 is 1.81 bits per heavy atom. The highest BCUT2D eigenvalue weighted by molar-refractivity contribution is 6.04. The molecule has 1 amide bonds. The Morgan fingerprint density at radius 1 is 1.04 bits per heavy atom. The lowest BCUT2D eigenvalue weighted by atomic mass is 9.99. The van der Waals surface area contributed by atoms with Gasteiger partial charge in [-0.2, -0.15) is 0 Å². The summed E-state index contributed by atoms with van der Waals surface area (Å²) in [6.07, 6.45) is 4.30. The molecule has 0 fully saturated rings. The summed E-state index contributed by atoms with van der Waals surface area (Å²) in [6, 6.07) is 16.0. The van der Waals surface area contributed by atoms with Crippen LogP contribution >= 0.6 is 0 Å². The smallest absolute Gasteiger partial charge is 0.257 e. The zero-order chi connectivity index (χ0) is 17.9. The van der Waals surface area contributed by atoms with E-state index in [1.807, 2.05) is 12.1 Å². The molecule has 5 heteroatoms. The monoisotopic (exact) mass is 347 g/mol. The van der Waals surface area contributed by atoms with Gasteiger partial charge in [0, 0.05) is 25.0 Å². The standard InChI is InChI=1S/C21H18FN3O/c22-18-5-7-19(8-6-18)24-21(26)17-11-20(13-23-12-17)25-10-9-15-3-1-2-4-16(15)14-25/h1-8,11-13H,9-10,14H2,(H,24,26). The number of amides is 1. The van der Waals surface area contributed by atoms with E-state index in [2.05, 4.69) is 33.4 Å². The number of carbonyl (C=O) groups is 1. The summed E-state index contributed by atoms with van der Waals surface area (Å²) in [7, 11) is 0. The molecule has 2 aromatic carbocycles. The van der Waals surface area contributed by atoms with Crippen LogP contribution < -0.4 is 10.2 Å². The van der Waals surface area contributed by atoms with Crippen LogP contribution in [0, 0.1) is 5.82 Å². The summed E-state index contributed by atoms with van der Waals surface area (Å²) in [4.78, 5) is 18.9. The molecule has 1 aromatic heterocycles. The number of fused-ring (bicyclic) bond motifs is 1. The first-order valence-corrected chi connectivity index (χ1v) is 8.53. The zero-order valence-corrected chi connectivity index (χ0v) is 14.2. The Balaban J connectivity index is 1.51. The second-order valence-electron chi connectivity index (χ2n) is 6.33. The van der Waals surface area contributed by atoms with E-state index >= 15 is 0 Å². The van der Waals surface area contributed by atoms with Crippen LogP contribution in [0.15, 0.2) is 67.0 Å². The molecule has 0 unspecified atom stereocenters. The molecule has 3 aromatic rings. The normalized spacial score (nSPS) is 13.2. The van der Waals surface area contributed by atoms with Crippen LogP contribution in [0.5, 0.6) is 0 Å². The summed E-state index contributed by atoms with van der Waals surface area (Å²) >= 11 is 0. The molecule has 4 rings (SSSR count). The number of hydrogen-bond donors (Lipinski definition) is 1. The summed E-state index contributed by atoms with van der Waals surface area (Å²) in [5.41, 5.74) is 4.63. The van der Waals surface area contributed by atoms with Crippen molar-refractivity contribution in [2.24, 2.45) is 0 Å². The third-order valence-electron chi connectivity index (χ3n) is 4.58. The van der Waals surface area contributed by atoms with Gasteiger partial charge in [-0.3, -0.25) is 9.78 Å². The molecule has 0 saturated heterocycles. The van der Waals surface area contributed by atoms with Crippen molar-refractivity contribution in [1.29, 1.82) is 0 Å². The number of nitrogens with one attached hydrogen (secondary N) is 1. The van der Waals surface area contributed by atoms with Crippen LogP contribution in [0.3, 0.4) is 0 Å². The predicted octanol–water partition coefficient (Wildman–Crippen LogP) is 4.04. The van der Waals surface area contributed by atoms with Crippen LogP contribution in [0.1, 0.15) is 21.5 Å². The quantitative estimate of drug-likeness (QED) is 0.778. The van der Waals surface area contributed by atoms with Crippen LogP contribution in [-0.2, 0) is 13.0 Å². The van der Waals surface area contributed by atoms with Gasteiger partial charge in [0.15, 0.2) is 0 Å². The van der Waals surface area contributed by atoms with E-state index in [1.165, 1.54) is 35.4 Å². The first-order valence-electron chi connectivity index (χ1n) is 8.53. The Labute approximate surface area is 151 Å². The maximum absolute atomic E-state index is 13.0. The second kappa shape index (κ2) is 6.96. The van der Waals surface area contributed by atoms with Crippen molar-refractivity contribution in [3.63, 3.8) is 0 Å². The Kier molecular flexibility index (Phi) is 4.35. The molecule has 1 aliphatic rings. The molecule has 1 aliphatic heterocycles. The van der Waals surface area contributed by atoms with E-state index in [1.54, 1.807) is 12.4 Å². The SMILES string of the molecule is O=C(Nc1ccc(F)cc1)c1cncc(N2CCc3ccccc3C2)c1. The summed E-state index contributed by atoms with van der Waals surface area (Å²) in [5, 5.41) is 2.77. The zero-order valence-electron chi connectivity index (χ0n) is 14.2. The Hall–Kier alpha value is -3.21. The minimum atomic E-state index is -0.336. The third kappa shape index (κ3) is 3.42. The van der Waals surface area contributed by atoms with E-state index in [0.29, 0.717) is 11.3 Å². The van der Waals surface area contributed by atoms with Gasteiger partial charge in [0.1, 0.15) is 5.82 Å². The van der Waals surface area contributed by atoms with E-state index in [9.17, 15) is 9.18 Å². The number of benzene rings is 2. The molecule has 0 spiro atoms. The number of aromatic nitrogens is 1. The lowest BCUT2D eigenvalue weighted by Crippen LogP contribution is -2.30. The highest BCUT2D eigenvalue weighted by atomic mass is 19.1. The maximum Gasteiger partial charge on any atom is 0.257 e. The van der Waals surface area contributed by atoms with Crippen molar-refractivity contribution in [3.8, 4) is 0 Å². The Bertz CT molecular complexity index is 940. The molecule has 0 radical (unpaired) electrons. The van der Waals surface area contributed by atoms with Crippen molar-refractivity contribution in [2.75, 3.05) is 16.8 Å². The highest BCUT2D eigenvalue weighted by Crippen LogP contribution is 2.24. The molecular weight excluding hydrogens is 329 g/mol. The van der Waals surface area contributed by atoms with Crippen LogP contribution in [0.25, 0.3) is 0 Å². The second-order valence-corrected chi connectivity index (χ2v) is 6.33. The first kappa shape index (κ1) is 16.3. The largest absolute Gasteiger partial charge is 0.366 e. The summed E-state index contributed by atoms with van der Waals surface area (Å²) in [5.74, 6) is -0.597. The predicted molar refractivity (Wildman–Crippen MR) is 99.8 cm³/mol. The van der Waals surface area contributed by atoms with Gasteiger partial charge in [-0.05, 0) is 47.9 Å². The molecule has 0 bridgehead atoms. The molecule has 4 nitrogen and oxygen atoms in total. The van der Waals surface area contributed by atoms with E-state index in [4.69, 9.17) is 0 Å². The van der Waals surface area contributed by atoms with Gasteiger partial charge < -0.3 is 10.2 Å². The van der Waals surface area contributed by atoms with Crippen molar-refractivity contribution in [3.05, 3.63) is 89.5 Å². The van der Waals surface area contributed by atoms with E-state index in [-0.39, 0.29) is 11.7 Å². The number of rotatable bonds is 3. The topological polar surface area (TPSA) is 45.2 Å². The van der Waals surface area contributed by atoms with Gasteiger partial charge in [0.25, 0.3) is 5.91 Å². The number of hydrogen-bond acceptors (Lipinski definition) is 3. The van der Waals surface area contributed by atoms with Crippen molar-refractivity contribution >= 4 is 17.3 Å². The molecule has 1 N–H and O–H groups in total. The van der Waals surface area contributed by atoms with Gasteiger partial charge in [-0.1, -0.05) is 24.3 Å². The number of pyridine rings is 1. The number of anilines is 2. The third-order valence-corrected chi connectivity index (χ3v) is 4.58. The highest BCUT2D eigenvalue weighted by Gasteiger charge is 2.17. The fraction of sp³-hybridized carbons (Fsp3) is 0.143. The van der Waals surface area contributed by atoms with Crippen LogP contribution in [0.4, 0.5) is 15.8 Å². The summed E-state index contributed by atoms with van der Waals surface area (Å²) in [6.45, 7) is 1.70.